The van der Waals surface area contributed by atoms with E-state index < -0.39 is 5.97 Å². The number of anilines is 1. The summed E-state index contributed by atoms with van der Waals surface area (Å²) in [6.07, 6.45) is 1.38. The number of nitrogens with zero attached hydrogens (tertiary/aromatic N) is 3. The predicted octanol–water partition coefficient (Wildman–Crippen LogP) is 4.02. The molecule has 1 aromatic carbocycles. The van der Waals surface area contributed by atoms with Crippen molar-refractivity contribution in [2.75, 3.05) is 38.7 Å². The molecule has 0 amide bonds. The molecule has 0 unspecified atom stereocenters. The third kappa shape index (κ3) is 4.40. The highest BCUT2D eigenvalue weighted by atomic mass is 35.5. The van der Waals surface area contributed by atoms with Crippen LogP contribution in [0.4, 0.5) is 5.82 Å². The van der Waals surface area contributed by atoms with Gasteiger partial charge in [0.1, 0.15) is 11.6 Å². The molecule has 6 nitrogen and oxygen atoms in total. The normalized spacial score (nSPS) is 23.1. The van der Waals surface area contributed by atoms with E-state index >= 15 is 0 Å². The molecule has 4 rings (SSSR count). The summed E-state index contributed by atoms with van der Waals surface area (Å²) in [5.41, 5.74) is 1.40. The minimum atomic E-state index is -1.02. The summed E-state index contributed by atoms with van der Waals surface area (Å²) >= 11 is 6.33. The van der Waals surface area contributed by atoms with E-state index in [1.807, 2.05) is 12.1 Å². The second kappa shape index (κ2) is 9.39. The number of aromatic carboxylic acids is 1. The number of carboxylic acid groups (broad SMARTS) is 1. The van der Waals surface area contributed by atoms with E-state index in [1.54, 1.807) is 7.11 Å². The van der Waals surface area contributed by atoms with Gasteiger partial charge in [0.25, 0.3) is 0 Å². The smallest absolute Gasteiger partial charge is 0.337 e. The number of benzene rings is 1. The van der Waals surface area contributed by atoms with Gasteiger partial charge in [-0.2, -0.15) is 0 Å². The van der Waals surface area contributed by atoms with Crippen molar-refractivity contribution in [1.29, 1.82) is 0 Å². The fourth-order valence-electron chi connectivity index (χ4n) is 4.51. The van der Waals surface area contributed by atoms with Gasteiger partial charge in [-0.05, 0) is 36.7 Å². The van der Waals surface area contributed by atoms with Crippen molar-refractivity contribution in [3.63, 3.8) is 0 Å². The maximum Gasteiger partial charge on any atom is 0.337 e. The Kier molecular flexibility index (Phi) is 7.62. The molecule has 0 bridgehead atoms. The van der Waals surface area contributed by atoms with Crippen molar-refractivity contribution in [2.24, 2.45) is 11.8 Å². The quantitative estimate of drug-likeness (QED) is 0.743. The number of methoxy groups -OCH3 is 1. The van der Waals surface area contributed by atoms with Gasteiger partial charge in [0.2, 0.25) is 0 Å². The van der Waals surface area contributed by atoms with Gasteiger partial charge in [-0.25, -0.2) is 9.78 Å². The van der Waals surface area contributed by atoms with Crippen molar-refractivity contribution in [1.82, 2.24) is 9.88 Å². The van der Waals surface area contributed by atoms with Crippen LogP contribution in [-0.2, 0) is 0 Å². The Hall–Kier alpha value is -1.73. The van der Waals surface area contributed by atoms with Crippen LogP contribution < -0.4 is 9.64 Å². The fourth-order valence-corrected chi connectivity index (χ4v) is 4.80. The van der Waals surface area contributed by atoms with E-state index in [4.69, 9.17) is 21.4 Å². The average molecular weight is 461 g/mol. The molecule has 29 heavy (non-hydrogen) atoms. The van der Waals surface area contributed by atoms with Gasteiger partial charge in [-0.15, -0.1) is 24.8 Å². The third-order valence-electron chi connectivity index (χ3n) is 5.72. The molecular formula is C20H24Cl3N3O3. The van der Waals surface area contributed by atoms with E-state index in [0.717, 1.165) is 25.4 Å². The van der Waals surface area contributed by atoms with Crippen LogP contribution in [0.2, 0.25) is 5.02 Å². The number of rotatable bonds is 4. The Bertz CT molecular complexity index is 866. The van der Waals surface area contributed by atoms with Gasteiger partial charge in [0.05, 0.1) is 17.7 Å². The first-order chi connectivity index (χ1) is 13.0. The van der Waals surface area contributed by atoms with Gasteiger partial charge in [0.15, 0.2) is 0 Å². The SMILES string of the molecule is COc1ccc([C@@H]2[C@@H]3CN(c4ncc(C(=O)O)cc4Cl)C[C@@H]3CN2C)cc1.Cl.Cl. The fraction of sp³-hybridized carbons (Fsp3) is 0.400. The van der Waals surface area contributed by atoms with Crippen LogP contribution in [-0.4, -0.2) is 54.8 Å². The zero-order chi connectivity index (χ0) is 19.1. The van der Waals surface area contributed by atoms with Crippen LogP contribution in [0, 0.1) is 11.8 Å². The molecule has 0 spiro atoms. The van der Waals surface area contributed by atoms with Gasteiger partial charge >= 0.3 is 5.97 Å². The number of aromatic nitrogens is 1. The van der Waals surface area contributed by atoms with Crippen molar-refractivity contribution in [3.05, 3.63) is 52.7 Å². The van der Waals surface area contributed by atoms with Gasteiger partial charge in [-0.1, -0.05) is 23.7 Å². The summed E-state index contributed by atoms with van der Waals surface area (Å²) in [7, 11) is 3.85. The number of halogens is 3. The number of hydrogen-bond acceptors (Lipinski definition) is 5. The highest BCUT2D eigenvalue weighted by Gasteiger charge is 2.46. The molecule has 2 fully saturated rings. The molecule has 158 valence electrons. The summed E-state index contributed by atoms with van der Waals surface area (Å²) in [4.78, 5) is 20.0. The largest absolute Gasteiger partial charge is 0.497 e. The Labute approximate surface area is 187 Å². The van der Waals surface area contributed by atoms with Crippen molar-refractivity contribution < 1.29 is 14.6 Å². The summed E-state index contributed by atoms with van der Waals surface area (Å²) in [5, 5.41) is 9.49. The molecule has 9 heteroatoms. The summed E-state index contributed by atoms with van der Waals surface area (Å²) in [5.74, 6) is 1.51. The lowest BCUT2D eigenvalue weighted by atomic mass is 9.89. The molecule has 3 heterocycles. The lowest BCUT2D eigenvalue weighted by molar-refractivity contribution is 0.0696. The molecule has 1 N–H and O–H groups in total. The van der Waals surface area contributed by atoms with Crippen molar-refractivity contribution >= 4 is 48.2 Å². The number of hydrogen-bond donors (Lipinski definition) is 1. The van der Waals surface area contributed by atoms with E-state index in [1.165, 1.54) is 17.8 Å². The number of fused-ring (bicyclic) bond motifs is 1. The highest BCUT2D eigenvalue weighted by molar-refractivity contribution is 6.33. The molecule has 0 saturated carbocycles. The second-order valence-corrected chi connectivity index (χ2v) is 7.73. The summed E-state index contributed by atoms with van der Waals surface area (Å²) in [6.45, 7) is 2.74. The van der Waals surface area contributed by atoms with E-state index in [-0.39, 0.29) is 30.4 Å². The molecule has 0 aliphatic carbocycles. The zero-order valence-corrected chi connectivity index (χ0v) is 18.5. The minimum absolute atomic E-state index is 0. The van der Waals surface area contributed by atoms with E-state index in [0.29, 0.717) is 28.7 Å². The number of ether oxygens (including phenoxy) is 1. The van der Waals surface area contributed by atoms with Crippen molar-refractivity contribution in [2.45, 2.75) is 6.04 Å². The first-order valence-electron chi connectivity index (χ1n) is 8.96. The van der Waals surface area contributed by atoms with Crippen molar-refractivity contribution in [3.8, 4) is 5.75 Å². The van der Waals surface area contributed by atoms with Gasteiger partial charge in [-0.3, -0.25) is 4.90 Å². The lowest BCUT2D eigenvalue weighted by Crippen LogP contribution is -2.29. The maximum atomic E-state index is 11.1. The van der Waals surface area contributed by atoms with E-state index in [9.17, 15) is 4.79 Å². The molecular weight excluding hydrogens is 437 g/mol. The second-order valence-electron chi connectivity index (χ2n) is 7.32. The average Bonchev–Trinajstić information content (AvgIpc) is 3.18. The summed E-state index contributed by atoms with van der Waals surface area (Å²) < 4.78 is 5.27. The minimum Gasteiger partial charge on any atom is -0.497 e. The first kappa shape index (κ1) is 23.5. The monoisotopic (exact) mass is 459 g/mol. The zero-order valence-electron chi connectivity index (χ0n) is 16.1. The standard InChI is InChI=1S/C20H22ClN3O3.2ClH/c1-23-9-14-10-24(19-17(21)7-13(8-22-19)20(25)26)11-16(14)18(23)12-3-5-15(27-2)6-4-12;;/h3-8,14,16,18H,9-11H2,1-2H3,(H,25,26);2*1H/t14-,16+,18+;;/m0../s1. The van der Waals surface area contributed by atoms with Gasteiger partial charge < -0.3 is 14.7 Å². The van der Waals surface area contributed by atoms with Crippen LogP contribution in [0.5, 0.6) is 5.75 Å². The molecule has 1 aromatic heterocycles. The lowest BCUT2D eigenvalue weighted by Gasteiger charge is -2.27. The Balaban J connectivity index is 0.00000150. The first-order valence-corrected chi connectivity index (χ1v) is 9.33. The maximum absolute atomic E-state index is 11.1. The number of pyridine rings is 1. The molecule has 2 saturated heterocycles. The summed E-state index contributed by atoms with van der Waals surface area (Å²) in [6, 6.07) is 10.1. The Morgan fingerprint density at radius 2 is 1.90 bits per heavy atom. The van der Waals surface area contributed by atoms with Crippen LogP contribution in [0.3, 0.4) is 0 Å². The molecule has 3 atom stereocenters. The van der Waals surface area contributed by atoms with Crippen LogP contribution >= 0.6 is 36.4 Å². The Morgan fingerprint density at radius 1 is 1.21 bits per heavy atom. The molecule has 0 radical (unpaired) electrons. The number of carboxylic acids is 1. The van der Waals surface area contributed by atoms with E-state index in [2.05, 4.69) is 34.0 Å². The predicted molar refractivity (Wildman–Crippen MR) is 118 cm³/mol. The Morgan fingerprint density at radius 3 is 2.48 bits per heavy atom. The molecule has 2 aliphatic heterocycles. The highest BCUT2D eigenvalue weighted by Crippen LogP contribution is 2.45. The van der Waals surface area contributed by atoms with Crippen LogP contribution in [0.25, 0.3) is 0 Å². The van der Waals surface area contributed by atoms with Gasteiger partial charge in [0, 0.05) is 37.8 Å². The number of likely N-dealkylation sites (tertiary alicyclic amines) is 1. The topological polar surface area (TPSA) is 65.9 Å². The van der Waals surface area contributed by atoms with Crippen LogP contribution in [0.1, 0.15) is 22.0 Å². The third-order valence-corrected chi connectivity index (χ3v) is 6.00. The molecule has 2 aliphatic rings. The number of carbonyl (C=O) groups is 1. The molecule has 2 aromatic rings. The van der Waals surface area contributed by atoms with Crippen LogP contribution in [0.15, 0.2) is 36.5 Å².